The van der Waals surface area contributed by atoms with Crippen molar-refractivity contribution in [1.82, 2.24) is 0 Å². The van der Waals surface area contributed by atoms with Crippen molar-refractivity contribution in [3.8, 4) is 0 Å². The molecule has 0 aromatic heterocycles. The van der Waals surface area contributed by atoms with Crippen molar-refractivity contribution in [2.75, 3.05) is 5.32 Å². The molecule has 2 aromatic rings. The molecule has 0 saturated carbocycles. The fourth-order valence-corrected chi connectivity index (χ4v) is 1.86. The molecule has 0 fully saturated rings. The summed E-state index contributed by atoms with van der Waals surface area (Å²) in [7, 11) is 0. The third-order valence-corrected chi connectivity index (χ3v) is 2.88. The number of nitrogens with one attached hydrogen (secondary N) is 1. The van der Waals surface area contributed by atoms with Gasteiger partial charge < -0.3 is 5.32 Å². The van der Waals surface area contributed by atoms with Crippen LogP contribution in [0, 0.1) is 12.7 Å². The van der Waals surface area contributed by atoms with Gasteiger partial charge in [-0.15, -0.1) is 0 Å². The number of hydrogen-bond donors (Lipinski definition) is 1. The van der Waals surface area contributed by atoms with Gasteiger partial charge in [0.05, 0.1) is 5.69 Å². The lowest BCUT2D eigenvalue weighted by atomic mass is 10.1. The highest BCUT2D eigenvalue weighted by atomic mass is 19.1. The summed E-state index contributed by atoms with van der Waals surface area (Å²) in [5.41, 5.74) is 2.66. The Balaban J connectivity index is 2.22. The van der Waals surface area contributed by atoms with Gasteiger partial charge in [-0.2, -0.15) is 0 Å². The molecule has 0 aliphatic rings. The van der Waals surface area contributed by atoms with Crippen molar-refractivity contribution in [1.29, 1.82) is 0 Å². The van der Waals surface area contributed by atoms with Gasteiger partial charge in [0.1, 0.15) is 5.82 Å². The van der Waals surface area contributed by atoms with Crippen molar-refractivity contribution in [3.05, 3.63) is 65.5 Å². The first-order valence-electron chi connectivity index (χ1n) is 5.75. The summed E-state index contributed by atoms with van der Waals surface area (Å²) in [6, 6.07) is 15.2. The normalized spacial score (nSPS) is 12.2. The predicted molar refractivity (Wildman–Crippen MR) is 69.6 cm³/mol. The average molecular weight is 229 g/mol. The number of halogens is 1. The lowest BCUT2D eigenvalue weighted by molar-refractivity contribution is 0.626. The standard InChI is InChI=1S/C15H16FN/c1-11-7-6-10-14(16)15(11)17-12(2)13-8-4-3-5-9-13/h3-10,12,17H,1-2H3. The smallest absolute Gasteiger partial charge is 0.146 e. The summed E-state index contributed by atoms with van der Waals surface area (Å²) in [4.78, 5) is 0. The zero-order chi connectivity index (χ0) is 12.3. The van der Waals surface area contributed by atoms with Crippen LogP contribution in [0.3, 0.4) is 0 Å². The van der Waals surface area contributed by atoms with E-state index >= 15 is 0 Å². The van der Waals surface area contributed by atoms with E-state index in [9.17, 15) is 4.39 Å². The van der Waals surface area contributed by atoms with Crippen molar-refractivity contribution in [2.24, 2.45) is 0 Å². The molecule has 2 heteroatoms. The molecule has 0 bridgehead atoms. The Bertz CT molecular complexity index is 473. The number of aryl methyl sites for hydroxylation is 1. The van der Waals surface area contributed by atoms with Crippen LogP contribution in [-0.2, 0) is 0 Å². The molecule has 0 amide bonds. The largest absolute Gasteiger partial charge is 0.376 e. The predicted octanol–water partition coefficient (Wildman–Crippen LogP) is 4.31. The molecule has 0 spiro atoms. The maximum Gasteiger partial charge on any atom is 0.146 e. The van der Waals surface area contributed by atoms with E-state index in [0.29, 0.717) is 5.69 Å². The van der Waals surface area contributed by atoms with Crippen LogP contribution < -0.4 is 5.32 Å². The molecule has 0 aliphatic carbocycles. The van der Waals surface area contributed by atoms with E-state index in [-0.39, 0.29) is 11.9 Å². The highest BCUT2D eigenvalue weighted by molar-refractivity contribution is 5.53. The van der Waals surface area contributed by atoms with Crippen LogP contribution in [-0.4, -0.2) is 0 Å². The fourth-order valence-electron chi connectivity index (χ4n) is 1.86. The van der Waals surface area contributed by atoms with Crippen LogP contribution in [0.25, 0.3) is 0 Å². The molecule has 88 valence electrons. The van der Waals surface area contributed by atoms with Gasteiger partial charge in [-0.1, -0.05) is 42.5 Å². The van der Waals surface area contributed by atoms with E-state index < -0.39 is 0 Å². The zero-order valence-corrected chi connectivity index (χ0v) is 10.1. The number of benzene rings is 2. The Labute approximate surface area is 101 Å². The fraction of sp³-hybridized carbons (Fsp3) is 0.200. The Hall–Kier alpha value is -1.83. The highest BCUT2D eigenvalue weighted by Gasteiger charge is 2.09. The van der Waals surface area contributed by atoms with Crippen molar-refractivity contribution in [2.45, 2.75) is 19.9 Å². The molecule has 0 heterocycles. The third kappa shape index (κ3) is 2.64. The minimum absolute atomic E-state index is 0.0896. The Morgan fingerprint density at radius 2 is 1.71 bits per heavy atom. The number of para-hydroxylation sites is 1. The molecule has 1 nitrogen and oxygen atoms in total. The summed E-state index contributed by atoms with van der Waals surface area (Å²) < 4.78 is 13.7. The van der Waals surface area contributed by atoms with E-state index in [1.54, 1.807) is 6.07 Å². The molecule has 0 radical (unpaired) electrons. The maximum atomic E-state index is 13.7. The molecule has 1 unspecified atom stereocenters. The lowest BCUT2D eigenvalue weighted by Gasteiger charge is -2.17. The SMILES string of the molecule is Cc1cccc(F)c1NC(C)c1ccccc1. The van der Waals surface area contributed by atoms with E-state index in [2.05, 4.69) is 5.32 Å². The van der Waals surface area contributed by atoms with Crippen LogP contribution in [0.4, 0.5) is 10.1 Å². The first-order chi connectivity index (χ1) is 8.18. The van der Waals surface area contributed by atoms with E-state index in [1.807, 2.05) is 50.2 Å². The molecule has 0 aliphatic heterocycles. The number of rotatable bonds is 3. The van der Waals surface area contributed by atoms with Crippen LogP contribution in [0.1, 0.15) is 24.1 Å². The van der Waals surface area contributed by atoms with Crippen LogP contribution in [0.2, 0.25) is 0 Å². The van der Waals surface area contributed by atoms with Crippen LogP contribution in [0.15, 0.2) is 48.5 Å². The average Bonchev–Trinajstić information content (AvgIpc) is 2.35. The van der Waals surface area contributed by atoms with E-state index in [0.717, 1.165) is 11.1 Å². The van der Waals surface area contributed by atoms with Gasteiger partial charge in [0.25, 0.3) is 0 Å². The van der Waals surface area contributed by atoms with Gasteiger partial charge in [-0.3, -0.25) is 0 Å². The quantitative estimate of drug-likeness (QED) is 0.827. The molecule has 2 aromatic carbocycles. The summed E-state index contributed by atoms with van der Waals surface area (Å²) in [6.07, 6.45) is 0. The van der Waals surface area contributed by atoms with Crippen LogP contribution in [0.5, 0.6) is 0 Å². The van der Waals surface area contributed by atoms with Gasteiger partial charge in [-0.25, -0.2) is 4.39 Å². The molecule has 1 N–H and O–H groups in total. The van der Waals surface area contributed by atoms with Crippen molar-refractivity contribution < 1.29 is 4.39 Å². The maximum absolute atomic E-state index is 13.7. The Morgan fingerprint density at radius 1 is 1.00 bits per heavy atom. The molecule has 17 heavy (non-hydrogen) atoms. The zero-order valence-electron chi connectivity index (χ0n) is 10.1. The lowest BCUT2D eigenvalue weighted by Crippen LogP contribution is -2.09. The number of hydrogen-bond acceptors (Lipinski definition) is 1. The molecular weight excluding hydrogens is 213 g/mol. The minimum Gasteiger partial charge on any atom is -0.376 e. The Morgan fingerprint density at radius 3 is 2.35 bits per heavy atom. The second kappa shape index (κ2) is 5.00. The van der Waals surface area contributed by atoms with Gasteiger partial charge in [0, 0.05) is 6.04 Å². The van der Waals surface area contributed by atoms with E-state index in [4.69, 9.17) is 0 Å². The first-order valence-corrected chi connectivity index (χ1v) is 5.75. The second-order valence-electron chi connectivity index (χ2n) is 4.21. The van der Waals surface area contributed by atoms with Crippen molar-refractivity contribution in [3.63, 3.8) is 0 Å². The molecule has 0 saturated heterocycles. The summed E-state index contributed by atoms with van der Waals surface area (Å²) in [5, 5.41) is 3.22. The van der Waals surface area contributed by atoms with Gasteiger partial charge in [-0.05, 0) is 31.0 Å². The third-order valence-electron chi connectivity index (χ3n) is 2.88. The van der Waals surface area contributed by atoms with Gasteiger partial charge in [0.15, 0.2) is 0 Å². The van der Waals surface area contributed by atoms with Crippen molar-refractivity contribution >= 4 is 5.69 Å². The topological polar surface area (TPSA) is 12.0 Å². The first kappa shape index (κ1) is 11.6. The van der Waals surface area contributed by atoms with Gasteiger partial charge in [0.2, 0.25) is 0 Å². The highest BCUT2D eigenvalue weighted by Crippen LogP contribution is 2.24. The number of anilines is 1. The van der Waals surface area contributed by atoms with E-state index in [1.165, 1.54) is 6.07 Å². The summed E-state index contributed by atoms with van der Waals surface area (Å²) in [6.45, 7) is 3.93. The molecule has 1 atom stereocenters. The summed E-state index contributed by atoms with van der Waals surface area (Å²) in [5.74, 6) is -0.201. The van der Waals surface area contributed by atoms with Gasteiger partial charge >= 0.3 is 0 Å². The van der Waals surface area contributed by atoms with Crippen LogP contribution >= 0.6 is 0 Å². The summed E-state index contributed by atoms with van der Waals surface area (Å²) >= 11 is 0. The Kier molecular flexibility index (Phi) is 3.43. The molecular formula is C15H16FN. The second-order valence-corrected chi connectivity index (χ2v) is 4.21. The molecule has 2 rings (SSSR count). The monoisotopic (exact) mass is 229 g/mol. The minimum atomic E-state index is -0.201.